The van der Waals surface area contributed by atoms with Crippen molar-refractivity contribution in [2.75, 3.05) is 12.3 Å². The van der Waals surface area contributed by atoms with Gasteiger partial charge in [0.05, 0.1) is 10.6 Å². The standard InChI is InChI=1S/C11H10N2S/c12-8-10(11-13-6-7-14-11)9-4-2-1-3-5-9/h1-5,13H,6-7H2/b11-10-. The van der Waals surface area contributed by atoms with Crippen LogP contribution in [-0.4, -0.2) is 12.3 Å². The van der Waals surface area contributed by atoms with Crippen molar-refractivity contribution < 1.29 is 0 Å². The van der Waals surface area contributed by atoms with Crippen LogP contribution in [0, 0.1) is 11.3 Å². The summed E-state index contributed by atoms with van der Waals surface area (Å²) in [6.07, 6.45) is 0. The number of benzene rings is 1. The van der Waals surface area contributed by atoms with Crippen LogP contribution in [0.5, 0.6) is 0 Å². The molecule has 0 unspecified atom stereocenters. The van der Waals surface area contributed by atoms with E-state index in [1.807, 2.05) is 30.3 Å². The molecule has 1 fully saturated rings. The van der Waals surface area contributed by atoms with Crippen molar-refractivity contribution in [2.24, 2.45) is 0 Å². The molecule has 0 bridgehead atoms. The van der Waals surface area contributed by atoms with Gasteiger partial charge in [-0.05, 0) is 5.56 Å². The average Bonchev–Trinajstić information content (AvgIpc) is 2.74. The molecule has 0 amide bonds. The van der Waals surface area contributed by atoms with Crippen molar-refractivity contribution in [1.82, 2.24) is 5.32 Å². The molecule has 0 atom stereocenters. The van der Waals surface area contributed by atoms with Crippen LogP contribution in [0.1, 0.15) is 5.56 Å². The van der Waals surface area contributed by atoms with E-state index < -0.39 is 0 Å². The first-order valence-corrected chi connectivity index (χ1v) is 5.47. The molecule has 1 aromatic carbocycles. The zero-order valence-electron chi connectivity index (χ0n) is 7.66. The molecule has 70 valence electrons. The van der Waals surface area contributed by atoms with Crippen LogP contribution >= 0.6 is 11.8 Å². The van der Waals surface area contributed by atoms with Gasteiger partial charge < -0.3 is 5.32 Å². The lowest BCUT2D eigenvalue weighted by molar-refractivity contribution is 0.950. The second-order valence-corrected chi connectivity index (χ2v) is 4.06. The Hall–Kier alpha value is -1.40. The van der Waals surface area contributed by atoms with Gasteiger partial charge in [-0.1, -0.05) is 30.3 Å². The van der Waals surface area contributed by atoms with Crippen molar-refractivity contribution in [3.63, 3.8) is 0 Å². The Morgan fingerprint density at radius 1 is 1.36 bits per heavy atom. The fourth-order valence-corrected chi connectivity index (χ4v) is 2.30. The molecule has 1 aliphatic rings. The van der Waals surface area contributed by atoms with E-state index in [1.165, 1.54) is 0 Å². The summed E-state index contributed by atoms with van der Waals surface area (Å²) in [6.45, 7) is 0.956. The van der Waals surface area contributed by atoms with Gasteiger partial charge >= 0.3 is 0 Å². The number of hydrogen-bond donors (Lipinski definition) is 1. The highest BCUT2D eigenvalue weighted by Gasteiger charge is 2.13. The maximum Gasteiger partial charge on any atom is 0.103 e. The zero-order chi connectivity index (χ0) is 9.80. The van der Waals surface area contributed by atoms with Gasteiger partial charge in [-0.15, -0.1) is 11.8 Å². The van der Waals surface area contributed by atoms with E-state index in [9.17, 15) is 0 Å². The predicted molar refractivity (Wildman–Crippen MR) is 59.4 cm³/mol. The second-order valence-electron chi connectivity index (χ2n) is 2.96. The normalized spacial score (nSPS) is 18.5. The van der Waals surface area contributed by atoms with Crippen LogP contribution in [-0.2, 0) is 0 Å². The molecule has 0 saturated carbocycles. The molecule has 1 N–H and O–H groups in total. The van der Waals surface area contributed by atoms with E-state index in [0.717, 1.165) is 28.5 Å². The molecule has 14 heavy (non-hydrogen) atoms. The smallest absolute Gasteiger partial charge is 0.103 e. The Labute approximate surface area is 87.6 Å². The molecule has 2 nitrogen and oxygen atoms in total. The van der Waals surface area contributed by atoms with Gasteiger partial charge in [-0.25, -0.2) is 0 Å². The van der Waals surface area contributed by atoms with Crippen molar-refractivity contribution in [3.05, 3.63) is 40.9 Å². The summed E-state index contributed by atoms with van der Waals surface area (Å²) >= 11 is 1.72. The molecular formula is C11H10N2S. The third-order valence-corrected chi connectivity index (χ3v) is 3.08. The first kappa shape index (κ1) is 9.17. The number of thioether (sulfide) groups is 1. The summed E-state index contributed by atoms with van der Waals surface area (Å²) in [6, 6.07) is 12.0. The molecule has 0 aliphatic carbocycles. The van der Waals surface area contributed by atoms with Crippen molar-refractivity contribution in [1.29, 1.82) is 5.26 Å². The molecule has 1 heterocycles. The summed E-state index contributed by atoms with van der Waals surface area (Å²) in [7, 11) is 0. The maximum absolute atomic E-state index is 9.08. The SMILES string of the molecule is N#C/C(=C1\NCCS1)c1ccccc1. The van der Waals surface area contributed by atoms with Gasteiger partial charge in [0, 0.05) is 12.3 Å². The highest BCUT2D eigenvalue weighted by molar-refractivity contribution is 8.03. The summed E-state index contributed by atoms with van der Waals surface area (Å²) in [5, 5.41) is 13.3. The monoisotopic (exact) mass is 202 g/mol. The van der Waals surface area contributed by atoms with E-state index in [-0.39, 0.29) is 0 Å². The van der Waals surface area contributed by atoms with Gasteiger partial charge in [0.1, 0.15) is 6.07 Å². The molecule has 2 rings (SSSR count). The van der Waals surface area contributed by atoms with Crippen molar-refractivity contribution >= 4 is 17.3 Å². The van der Waals surface area contributed by atoms with E-state index >= 15 is 0 Å². The highest BCUT2D eigenvalue weighted by atomic mass is 32.2. The largest absolute Gasteiger partial charge is 0.378 e. The minimum absolute atomic E-state index is 0.758. The lowest BCUT2D eigenvalue weighted by atomic mass is 10.1. The van der Waals surface area contributed by atoms with Gasteiger partial charge in [0.2, 0.25) is 0 Å². The topological polar surface area (TPSA) is 35.8 Å². The Morgan fingerprint density at radius 2 is 2.14 bits per heavy atom. The molecule has 1 aromatic rings. The van der Waals surface area contributed by atoms with Crippen LogP contribution in [0.3, 0.4) is 0 Å². The van der Waals surface area contributed by atoms with E-state index in [2.05, 4.69) is 11.4 Å². The van der Waals surface area contributed by atoms with E-state index in [4.69, 9.17) is 5.26 Å². The third-order valence-electron chi connectivity index (χ3n) is 2.04. The van der Waals surface area contributed by atoms with Crippen LogP contribution in [0.15, 0.2) is 35.4 Å². The number of rotatable bonds is 1. The van der Waals surface area contributed by atoms with Crippen LogP contribution in [0.2, 0.25) is 0 Å². The minimum atomic E-state index is 0.758. The summed E-state index contributed by atoms with van der Waals surface area (Å²) < 4.78 is 0. The Bertz CT molecular complexity index is 381. The van der Waals surface area contributed by atoms with E-state index in [1.54, 1.807) is 11.8 Å². The van der Waals surface area contributed by atoms with Gasteiger partial charge in [-0.2, -0.15) is 5.26 Å². The fourth-order valence-electron chi connectivity index (χ4n) is 1.38. The van der Waals surface area contributed by atoms with Crippen LogP contribution < -0.4 is 5.32 Å². The van der Waals surface area contributed by atoms with Crippen molar-refractivity contribution in [3.8, 4) is 6.07 Å². The quantitative estimate of drug-likeness (QED) is 0.709. The first-order chi connectivity index (χ1) is 6.92. The number of hydrogen-bond acceptors (Lipinski definition) is 3. The molecule has 3 heteroatoms. The summed E-state index contributed by atoms with van der Waals surface area (Å²) in [5.74, 6) is 1.05. The zero-order valence-corrected chi connectivity index (χ0v) is 8.47. The van der Waals surface area contributed by atoms with E-state index in [0.29, 0.717) is 0 Å². The lowest BCUT2D eigenvalue weighted by Crippen LogP contribution is -2.06. The first-order valence-electron chi connectivity index (χ1n) is 4.48. The second kappa shape index (κ2) is 4.21. The Balaban J connectivity index is 2.40. The van der Waals surface area contributed by atoms with Crippen LogP contribution in [0.25, 0.3) is 5.57 Å². The number of nitrogens with zero attached hydrogens (tertiary/aromatic N) is 1. The number of nitriles is 1. The van der Waals surface area contributed by atoms with Gasteiger partial charge in [0.15, 0.2) is 0 Å². The lowest BCUT2D eigenvalue weighted by Gasteiger charge is -2.02. The maximum atomic E-state index is 9.08. The van der Waals surface area contributed by atoms with Gasteiger partial charge in [-0.3, -0.25) is 0 Å². The molecule has 1 aliphatic heterocycles. The molecular weight excluding hydrogens is 192 g/mol. The average molecular weight is 202 g/mol. The predicted octanol–water partition coefficient (Wildman–Crippen LogP) is 2.22. The van der Waals surface area contributed by atoms with Crippen molar-refractivity contribution in [2.45, 2.75) is 0 Å². The highest BCUT2D eigenvalue weighted by Crippen LogP contribution is 2.27. The fraction of sp³-hybridized carbons (Fsp3) is 0.182. The Kier molecular flexibility index (Phi) is 2.76. The Morgan fingerprint density at radius 3 is 2.71 bits per heavy atom. The van der Waals surface area contributed by atoms with Crippen LogP contribution in [0.4, 0.5) is 0 Å². The molecule has 1 saturated heterocycles. The number of allylic oxidation sites excluding steroid dienone is 1. The van der Waals surface area contributed by atoms with Gasteiger partial charge in [0.25, 0.3) is 0 Å². The summed E-state index contributed by atoms with van der Waals surface area (Å²) in [4.78, 5) is 0. The number of nitrogens with one attached hydrogen (secondary N) is 1. The molecule has 0 radical (unpaired) electrons. The minimum Gasteiger partial charge on any atom is -0.378 e. The molecule has 0 aromatic heterocycles. The summed E-state index contributed by atoms with van der Waals surface area (Å²) in [5.41, 5.74) is 1.75. The third kappa shape index (κ3) is 1.75. The molecule has 0 spiro atoms.